The van der Waals surface area contributed by atoms with Gasteiger partial charge in [-0.15, -0.1) is 0 Å². The summed E-state index contributed by atoms with van der Waals surface area (Å²) in [5.74, 6) is 6.12. The first kappa shape index (κ1) is 10.4. The van der Waals surface area contributed by atoms with E-state index in [0.29, 0.717) is 0 Å². The average molecular weight is 157 g/mol. The summed E-state index contributed by atoms with van der Waals surface area (Å²) in [6.45, 7) is 2.20. The molecular formula is C8H19N3. The predicted octanol–water partition coefficient (Wildman–Crippen LogP) is 1.45. The third-order valence-electron chi connectivity index (χ3n) is 1.70. The van der Waals surface area contributed by atoms with Crippen molar-refractivity contribution in [2.45, 2.75) is 39.0 Å². The molecule has 0 amide bonds. The van der Waals surface area contributed by atoms with Gasteiger partial charge in [0.05, 0.1) is 0 Å². The lowest BCUT2D eigenvalue weighted by molar-refractivity contribution is 0.676. The maximum atomic E-state index is 5.22. The summed E-state index contributed by atoms with van der Waals surface area (Å²) < 4.78 is 0. The largest absolute Gasteiger partial charge is 0.312 e. The molecule has 0 aliphatic rings. The van der Waals surface area contributed by atoms with Gasteiger partial charge in [0.2, 0.25) is 0 Å². The van der Waals surface area contributed by atoms with Crippen LogP contribution in [0.25, 0.3) is 0 Å². The van der Waals surface area contributed by atoms with Crippen LogP contribution in [0, 0.1) is 0 Å². The number of amidine groups is 1. The lowest BCUT2D eigenvalue weighted by atomic mass is 10.1. The fourth-order valence-electron chi connectivity index (χ4n) is 0.968. The molecule has 0 aliphatic heterocycles. The van der Waals surface area contributed by atoms with Crippen LogP contribution in [0.5, 0.6) is 0 Å². The number of hydrogen-bond donors (Lipinski definition) is 2. The molecule has 0 aromatic carbocycles. The zero-order chi connectivity index (χ0) is 8.53. The summed E-state index contributed by atoms with van der Waals surface area (Å²) in [6.07, 6.45) is 6.02. The van der Waals surface area contributed by atoms with E-state index in [9.17, 15) is 0 Å². The highest BCUT2D eigenvalue weighted by atomic mass is 15.2. The molecule has 0 aliphatic carbocycles. The zero-order valence-electron chi connectivity index (χ0n) is 7.56. The van der Waals surface area contributed by atoms with E-state index in [1.54, 1.807) is 7.05 Å². The number of rotatable bonds is 5. The number of nitrogens with zero attached hydrogens (tertiary/aromatic N) is 1. The van der Waals surface area contributed by atoms with E-state index in [-0.39, 0.29) is 0 Å². The molecule has 3 N–H and O–H groups in total. The van der Waals surface area contributed by atoms with Crippen molar-refractivity contribution in [2.75, 3.05) is 7.05 Å². The predicted molar refractivity (Wildman–Crippen MR) is 49.4 cm³/mol. The molecule has 0 aromatic heterocycles. The fraction of sp³-hybridized carbons (Fsp3) is 0.875. The molecule has 3 nitrogen and oxygen atoms in total. The van der Waals surface area contributed by atoms with Crippen molar-refractivity contribution in [3.8, 4) is 0 Å². The quantitative estimate of drug-likeness (QED) is 0.209. The van der Waals surface area contributed by atoms with Gasteiger partial charge in [-0.25, -0.2) is 5.84 Å². The SMILES string of the molecule is CCCCCCC(=NC)NN. The molecule has 0 rings (SSSR count). The monoisotopic (exact) mass is 157 g/mol. The van der Waals surface area contributed by atoms with E-state index in [1.165, 1.54) is 25.7 Å². The number of hydrazine groups is 1. The fourth-order valence-corrected chi connectivity index (χ4v) is 0.968. The van der Waals surface area contributed by atoms with Crippen LogP contribution in [0.1, 0.15) is 39.0 Å². The summed E-state index contributed by atoms with van der Waals surface area (Å²) in [5.41, 5.74) is 2.58. The molecule has 0 saturated carbocycles. The smallest absolute Gasteiger partial charge is 0.110 e. The zero-order valence-corrected chi connectivity index (χ0v) is 7.56. The molecule has 11 heavy (non-hydrogen) atoms. The molecule has 0 fully saturated rings. The highest BCUT2D eigenvalue weighted by molar-refractivity contribution is 5.81. The van der Waals surface area contributed by atoms with Gasteiger partial charge in [-0.2, -0.15) is 0 Å². The first-order valence-corrected chi connectivity index (χ1v) is 4.27. The first-order chi connectivity index (χ1) is 5.35. The lowest BCUT2D eigenvalue weighted by Crippen LogP contribution is -2.29. The van der Waals surface area contributed by atoms with Crippen molar-refractivity contribution in [2.24, 2.45) is 10.8 Å². The van der Waals surface area contributed by atoms with E-state index in [0.717, 1.165) is 12.3 Å². The van der Waals surface area contributed by atoms with Crippen LogP contribution < -0.4 is 11.3 Å². The Morgan fingerprint density at radius 3 is 2.55 bits per heavy atom. The summed E-state index contributed by atoms with van der Waals surface area (Å²) in [5, 5.41) is 0. The third-order valence-corrected chi connectivity index (χ3v) is 1.70. The maximum absolute atomic E-state index is 5.22. The van der Waals surface area contributed by atoms with E-state index < -0.39 is 0 Å². The summed E-state index contributed by atoms with van der Waals surface area (Å²) in [4.78, 5) is 3.98. The Kier molecular flexibility index (Phi) is 7.15. The van der Waals surface area contributed by atoms with Crippen LogP contribution in [0.15, 0.2) is 4.99 Å². The van der Waals surface area contributed by atoms with Crippen LogP contribution in [0.3, 0.4) is 0 Å². The minimum absolute atomic E-state index is 0.904. The number of aliphatic imine (C=N–C) groups is 1. The molecule has 0 spiro atoms. The van der Waals surface area contributed by atoms with Crippen molar-refractivity contribution in [1.82, 2.24) is 5.43 Å². The van der Waals surface area contributed by atoms with Gasteiger partial charge in [-0.05, 0) is 6.42 Å². The maximum Gasteiger partial charge on any atom is 0.110 e. The van der Waals surface area contributed by atoms with Gasteiger partial charge in [-0.3, -0.25) is 4.99 Å². The van der Waals surface area contributed by atoms with Crippen LogP contribution >= 0.6 is 0 Å². The Bertz CT molecular complexity index is 110. The molecule has 66 valence electrons. The number of unbranched alkanes of at least 4 members (excludes halogenated alkanes) is 3. The molecular weight excluding hydrogens is 138 g/mol. The second-order valence-corrected chi connectivity index (χ2v) is 2.63. The first-order valence-electron chi connectivity index (χ1n) is 4.27. The lowest BCUT2D eigenvalue weighted by Gasteiger charge is -2.02. The van der Waals surface area contributed by atoms with Gasteiger partial charge in [0.15, 0.2) is 0 Å². The molecule has 0 atom stereocenters. The number of nitrogens with two attached hydrogens (primary N) is 1. The molecule has 0 unspecified atom stereocenters. The van der Waals surface area contributed by atoms with Crippen LogP contribution in [0.4, 0.5) is 0 Å². The van der Waals surface area contributed by atoms with Crippen LogP contribution in [-0.2, 0) is 0 Å². The molecule has 0 saturated heterocycles. The Hall–Kier alpha value is -0.570. The van der Waals surface area contributed by atoms with Gasteiger partial charge in [0.25, 0.3) is 0 Å². The number of nitrogens with one attached hydrogen (secondary N) is 1. The van der Waals surface area contributed by atoms with Crippen molar-refractivity contribution >= 4 is 5.84 Å². The minimum Gasteiger partial charge on any atom is -0.312 e. The van der Waals surface area contributed by atoms with E-state index in [2.05, 4.69) is 17.3 Å². The summed E-state index contributed by atoms with van der Waals surface area (Å²) in [7, 11) is 1.76. The molecule has 3 heteroatoms. The minimum atomic E-state index is 0.904. The van der Waals surface area contributed by atoms with Gasteiger partial charge in [0.1, 0.15) is 5.84 Å². The highest BCUT2D eigenvalue weighted by Gasteiger charge is 1.93. The van der Waals surface area contributed by atoms with Crippen molar-refractivity contribution in [1.29, 1.82) is 0 Å². The van der Waals surface area contributed by atoms with Gasteiger partial charge >= 0.3 is 0 Å². The molecule has 0 radical (unpaired) electrons. The van der Waals surface area contributed by atoms with Gasteiger partial charge < -0.3 is 5.43 Å². The standard InChI is InChI=1S/C8H19N3/c1-3-4-5-6-7-8(10-2)11-9/h3-7,9H2,1-2H3,(H,10,11). The second-order valence-electron chi connectivity index (χ2n) is 2.63. The molecule has 0 bridgehead atoms. The van der Waals surface area contributed by atoms with Gasteiger partial charge in [0, 0.05) is 13.5 Å². The van der Waals surface area contributed by atoms with E-state index in [4.69, 9.17) is 5.84 Å². The molecule has 0 heterocycles. The molecule has 0 aromatic rings. The Morgan fingerprint density at radius 2 is 2.09 bits per heavy atom. The highest BCUT2D eigenvalue weighted by Crippen LogP contribution is 2.01. The second kappa shape index (κ2) is 7.54. The topological polar surface area (TPSA) is 50.4 Å². The van der Waals surface area contributed by atoms with Crippen LogP contribution in [0.2, 0.25) is 0 Å². The van der Waals surface area contributed by atoms with Crippen molar-refractivity contribution in [3.05, 3.63) is 0 Å². The third kappa shape index (κ3) is 5.85. The Balaban J connectivity index is 3.22. The number of hydrogen-bond acceptors (Lipinski definition) is 2. The Morgan fingerprint density at radius 1 is 1.36 bits per heavy atom. The summed E-state index contributed by atoms with van der Waals surface area (Å²) in [6, 6.07) is 0. The van der Waals surface area contributed by atoms with E-state index >= 15 is 0 Å². The normalized spacial score (nSPS) is 11.7. The Labute approximate surface area is 69.0 Å². The van der Waals surface area contributed by atoms with Crippen molar-refractivity contribution in [3.63, 3.8) is 0 Å². The van der Waals surface area contributed by atoms with Crippen molar-refractivity contribution < 1.29 is 0 Å². The average Bonchev–Trinajstić information content (AvgIpc) is 2.05. The summed E-state index contributed by atoms with van der Waals surface area (Å²) >= 11 is 0. The van der Waals surface area contributed by atoms with Crippen LogP contribution in [-0.4, -0.2) is 12.9 Å². The van der Waals surface area contributed by atoms with E-state index in [1.807, 2.05) is 0 Å². The van der Waals surface area contributed by atoms with Gasteiger partial charge in [-0.1, -0.05) is 26.2 Å².